The smallest absolute Gasteiger partial charge is 0.197 e. The number of hydrogen-bond acceptors (Lipinski definition) is 3. The normalized spacial score (nSPS) is 21.5. The Morgan fingerprint density at radius 1 is 1.58 bits per heavy atom. The molecule has 5 heteroatoms. The Morgan fingerprint density at radius 3 is 2.75 bits per heavy atom. The molecule has 0 aromatic carbocycles. The molecule has 0 saturated heterocycles. The second kappa shape index (κ2) is 3.57. The molecule has 1 rings (SSSR count). The van der Waals surface area contributed by atoms with Gasteiger partial charge in [-0.15, -0.1) is 0 Å². The highest BCUT2D eigenvalue weighted by Crippen LogP contribution is 2.15. The predicted octanol–water partition coefficient (Wildman–Crippen LogP) is 0.870. The summed E-state index contributed by atoms with van der Waals surface area (Å²) in [5.74, 6) is -0.703. The average molecular weight is 202 g/mol. The monoisotopic (exact) mass is 201 g/mol. The molecule has 0 fully saturated rings. The Hall–Kier alpha value is -1.05. The highest BCUT2D eigenvalue weighted by molar-refractivity contribution is 7.73. The van der Waals surface area contributed by atoms with Crippen molar-refractivity contribution in [1.29, 1.82) is 5.26 Å². The third-order valence-corrected chi connectivity index (χ3v) is 2.36. The van der Waals surface area contributed by atoms with E-state index in [1.807, 2.05) is 6.07 Å². The minimum Gasteiger partial charge on any atom is -0.197 e. The van der Waals surface area contributed by atoms with E-state index in [9.17, 15) is 8.42 Å². The maximum Gasteiger partial charge on any atom is 0.219 e. The lowest BCUT2D eigenvalue weighted by atomic mass is 10.0. The maximum absolute atomic E-state index is 10.5. The minimum atomic E-state index is -2.37. The van der Waals surface area contributed by atoms with Gasteiger partial charge in [-0.2, -0.15) is 13.7 Å². The fraction of sp³-hybridized carbons (Fsp3) is 0.143. The Balaban J connectivity index is 3.27. The number of nitriles is 1. The second-order valence-electron chi connectivity index (χ2n) is 2.13. The Labute approximate surface area is 76.1 Å². The summed E-state index contributed by atoms with van der Waals surface area (Å²) in [5.41, 5.74) is 0. The van der Waals surface area contributed by atoms with Crippen molar-refractivity contribution in [3.63, 3.8) is 0 Å². The van der Waals surface area contributed by atoms with Crippen molar-refractivity contribution in [2.75, 3.05) is 0 Å². The fourth-order valence-corrected chi connectivity index (χ4v) is 1.63. The van der Waals surface area contributed by atoms with Crippen molar-refractivity contribution in [1.82, 2.24) is 0 Å². The van der Waals surface area contributed by atoms with E-state index >= 15 is 0 Å². The Bertz CT molecular complexity index is 417. The Kier molecular flexibility index (Phi) is 2.69. The fourth-order valence-electron chi connectivity index (χ4n) is 0.815. The highest BCUT2D eigenvalue weighted by atomic mass is 35.5. The van der Waals surface area contributed by atoms with Gasteiger partial charge in [0.2, 0.25) is 10.3 Å². The van der Waals surface area contributed by atoms with Crippen LogP contribution in [-0.2, 0) is 10.3 Å². The number of allylic oxidation sites excluding steroid dienone is 4. The van der Waals surface area contributed by atoms with Gasteiger partial charge in [0.25, 0.3) is 0 Å². The first-order valence-corrected chi connectivity index (χ1v) is 4.51. The van der Waals surface area contributed by atoms with E-state index in [1.165, 1.54) is 18.2 Å². The van der Waals surface area contributed by atoms with E-state index in [0.717, 1.165) is 0 Å². The van der Waals surface area contributed by atoms with Crippen LogP contribution in [0.15, 0.2) is 23.3 Å². The first-order chi connectivity index (χ1) is 5.65. The summed E-state index contributed by atoms with van der Waals surface area (Å²) in [5, 5.41) is 8.85. The molecule has 0 bridgehead atoms. The highest BCUT2D eigenvalue weighted by Gasteiger charge is 2.15. The molecule has 0 aliphatic heterocycles. The van der Waals surface area contributed by atoms with E-state index in [0.29, 0.717) is 5.03 Å². The zero-order valence-electron chi connectivity index (χ0n) is 5.86. The van der Waals surface area contributed by atoms with Crippen LogP contribution in [0.5, 0.6) is 0 Å². The maximum atomic E-state index is 10.5. The van der Waals surface area contributed by atoms with Crippen LogP contribution in [-0.4, -0.2) is 13.3 Å². The van der Waals surface area contributed by atoms with E-state index in [-0.39, 0.29) is 4.86 Å². The molecule has 1 aliphatic carbocycles. The quantitative estimate of drug-likeness (QED) is 0.547. The summed E-state index contributed by atoms with van der Waals surface area (Å²) in [6.45, 7) is 0. The van der Waals surface area contributed by atoms with Crippen molar-refractivity contribution in [3.05, 3.63) is 23.3 Å². The van der Waals surface area contributed by atoms with E-state index in [2.05, 4.69) is 0 Å². The first kappa shape index (κ1) is 9.04. The van der Waals surface area contributed by atoms with Crippen LogP contribution in [0, 0.1) is 17.2 Å². The topological polar surface area (TPSA) is 57.9 Å². The molecule has 0 amide bonds. The number of hydrogen-bond donors (Lipinski definition) is 0. The molecule has 0 aromatic rings. The van der Waals surface area contributed by atoms with Gasteiger partial charge in [0.15, 0.2) is 0 Å². The summed E-state index contributed by atoms with van der Waals surface area (Å²) >= 11 is 5.55. The largest absolute Gasteiger partial charge is 0.219 e. The van der Waals surface area contributed by atoms with Crippen LogP contribution in [0.3, 0.4) is 0 Å². The van der Waals surface area contributed by atoms with Gasteiger partial charge in [-0.25, -0.2) is 0 Å². The molecular formula is C7H4ClNO2S. The molecule has 62 valence electrons. The third-order valence-electron chi connectivity index (χ3n) is 1.37. The number of halogens is 1. The zero-order chi connectivity index (χ0) is 9.14. The van der Waals surface area contributed by atoms with Crippen molar-refractivity contribution in [3.8, 4) is 6.07 Å². The summed E-state index contributed by atoms with van der Waals surface area (Å²) in [6, 6.07) is 1.84. The zero-order valence-corrected chi connectivity index (χ0v) is 7.43. The lowest BCUT2D eigenvalue weighted by Gasteiger charge is -2.04. The molecule has 1 atom stereocenters. The van der Waals surface area contributed by atoms with Crippen molar-refractivity contribution >= 4 is 26.8 Å². The molecule has 0 aromatic heterocycles. The van der Waals surface area contributed by atoms with Gasteiger partial charge in [0.1, 0.15) is 5.92 Å². The number of rotatable bonds is 0. The average Bonchev–Trinajstić information content (AvgIpc) is 2.04. The number of nitrogens with zero attached hydrogens (tertiary/aromatic N) is 1. The van der Waals surface area contributed by atoms with E-state index in [4.69, 9.17) is 16.9 Å². The molecule has 1 unspecified atom stereocenters. The van der Waals surface area contributed by atoms with Crippen LogP contribution in [0.1, 0.15) is 0 Å². The molecule has 0 heterocycles. The lowest BCUT2D eigenvalue weighted by Crippen LogP contribution is -2.11. The molecule has 0 saturated carbocycles. The van der Waals surface area contributed by atoms with E-state index in [1.54, 1.807) is 0 Å². The SMILES string of the molecule is N#CC1C=CC(Cl)=CC1=S(=O)=O. The predicted molar refractivity (Wildman–Crippen MR) is 46.1 cm³/mol. The molecule has 0 N–H and O–H groups in total. The Morgan fingerprint density at radius 2 is 2.25 bits per heavy atom. The van der Waals surface area contributed by atoms with Gasteiger partial charge in [0.05, 0.1) is 10.9 Å². The van der Waals surface area contributed by atoms with Crippen LogP contribution in [0.25, 0.3) is 0 Å². The second-order valence-corrected chi connectivity index (χ2v) is 3.51. The third kappa shape index (κ3) is 1.76. The van der Waals surface area contributed by atoms with Crippen LogP contribution < -0.4 is 0 Å². The molecule has 0 spiro atoms. The first-order valence-electron chi connectivity index (χ1n) is 3.06. The van der Waals surface area contributed by atoms with Crippen molar-refractivity contribution in [2.24, 2.45) is 5.92 Å². The van der Waals surface area contributed by atoms with Gasteiger partial charge in [-0.05, 0) is 12.2 Å². The molecule has 0 radical (unpaired) electrons. The minimum absolute atomic E-state index is 0.0185. The van der Waals surface area contributed by atoms with Gasteiger partial charge >= 0.3 is 0 Å². The summed E-state index contributed by atoms with van der Waals surface area (Å²) in [4.78, 5) is 0.0185. The van der Waals surface area contributed by atoms with E-state index < -0.39 is 16.2 Å². The van der Waals surface area contributed by atoms with Gasteiger partial charge in [0, 0.05) is 5.03 Å². The van der Waals surface area contributed by atoms with Crippen LogP contribution in [0.2, 0.25) is 0 Å². The van der Waals surface area contributed by atoms with Gasteiger partial charge in [-0.3, -0.25) is 0 Å². The molecule has 12 heavy (non-hydrogen) atoms. The van der Waals surface area contributed by atoms with Crippen molar-refractivity contribution in [2.45, 2.75) is 0 Å². The van der Waals surface area contributed by atoms with Gasteiger partial charge in [-0.1, -0.05) is 17.7 Å². The summed E-state index contributed by atoms with van der Waals surface area (Å²) in [7, 11) is -2.37. The standard InChI is InChI=1S/C7H4ClNO2S/c8-6-2-1-5(4-9)7(3-6)12(10)11/h1-3,5H. The summed E-state index contributed by atoms with van der Waals surface area (Å²) in [6.07, 6.45) is 4.23. The molecular weight excluding hydrogens is 198 g/mol. The summed E-state index contributed by atoms with van der Waals surface area (Å²) < 4.78 is 21.1. The molecule has 3 nitrogen and oxygen atoms in total. The van der Waals surface area contributed by atoms with Crippen molar-refractivity contribution < 1.29 is 8.42 Å². The van der Waals surface area contributed by atoms with Crippen LogP contribution in [0.4, 0.5) is 0 Å². The van der Waals surface area contributed by atoms with Crippen LogP contribution >= 0.6 is 11.6 Å². The lowest BCUT2D eigenvalue weighted by molar-refractivity contribution is 0.626. The molecule has 1 aliphatic rings. The van der Waals surface area contributed by atoms with Gasteiger partial charge < -0.3 is 0 Å².